The summed E-state index contributed by atoms with van der Waals surface area (Å²) in [4.78, 5) is 73.3. The molecule has 0 radical (unpaired) electrons. The Morgan fingerprint density at radius 3 is 2.05 bits per heavy atom. The van der Waals surface area contributed by atoms with Crippen molar-refractivity contribution < 1.29 is 55.2 Å². The van der Waals surface area contributed by atoms with E-state index >= 15 is 0 Å². The van der Waals surface area contributed by atoms with Crippen LogP contribution in [0.15, 0.2) is 154 Å². The summed E-state index contributed by atoms with van der Waals surface area (Å²) in [6.45, 7) is 8.09. The van der Waals surface area contributed by atoms with Gasteiger partial charge in [-0.1, -0.05) is 108 Å². The number of aromatic nitrogens is 3. The number of benzene rings is 4. The number of hydrogen-bond donors (Lipinski definition) is 3. The molecule has 0 bridgehead atoms. The molecule has 2 amide bonds. The monoisotopic (exact) mass is 1060 g/mol. The zero-order chi connectivity index (χ0) is 51.2. The summed E-state index contributed by atoms with van der Waals surface area (Å²) in [5.74, 6) is -1.15. The molecule has 0 saturated carbocycles. The summed E-state index contributed by atoms with van der Waals surface area (Å²) in [5.41, 5.74) is 6.61. The minimum Gasteiger partial charge on any atom is -1.00 e. The van der Waals surface area contributed by atoms with Gasteiger partial charge >= 0.3 is 17.1 Å². The number of methoxy groups -OCH3 is 1. The molecule has 380 valence electrons. The molecule has 2 aliphatic heterocycles. The van der Waals surface area contributed by atoms with E-state index in [1.165, 1.54) is 53.6 Å². The van der Waals surface area contributed by atoms with E-state index in [2.05, 4.69) is 20.8 Å². The van der Waals surface area contributed by atoms with Gasteiger partial charge in [-0.3, -0.25) is 14.5 Å². The molecule has 2 aliphatic rings. The zero-order valence-electron chi connectivity index (χ0n) is 41.2. The first-order valence-electron chi connectivity index (χ1n) is 22.9. The smallest absolute Gasteiger partial charge is 0.361 e. The second kappa shape index (κ2) is 22.9. The van der Waals surface area contributed by atoms with Gasteiger partial charge in [0.2, 0.25) is 11.4 Å². The molecule has 0 spiro atoms. The Balaban J connectivity index is 0.00000780. The molecular formula is C53H55ClN8O8S3. The number of amides is 2. The van der Waals surface area contributed by atoms with Crippen molar-refractivity contribution in [3.63, 3.8) is 0 Å². The van der Waals surface area contributed by atoms with E-state index in [-0.39, 0.29) is 36.1 Å². The fourth-order valence-corrected chi connectivity index (χ4v) is 11.1. The number of anilines is 2. The minimum atomic E-state index is -1.65. The Hall–Kier alpha value is -6.93. The summed E-state index contributed by atoms with van der Waals surface area (Å²) >= 11 is 3.98. The van der Waals surface area contributed by atoms with Crippen LogP contribution >= 0.6 is 34.9 Å². The molecule has 2 aromatic heterocycles. The van der Waals surface area contributed by atoms with Gasteiger partial charge in [-0.25, -0.2) is 19.1 Å². The lowest BCUT2D eigenvalue weighted by atomic mass is 9.77. The maximum absolute atomic E-state index is 14.7. The van der Waals surface area contributed by atoms with Gasteiger partial charge in [0.05, 0.1) is 20.4 Å². The maximum atomic E-state index is 14.7. The highest BCUT2D eigenvalue weighted by Gasteiger charge is 2.55. The molecule has 1 fully saturated rings. The summed E-state index contributed by atoms with van der Waals surface area (Å²) in [7, 11) is 3.40. The quantitative estimate of drug-likeness (QED) is 0.0160. The van der Waals surface area contributed by atoms with E-state index in [9.17, 15) is 19.2 Å². The standard InChI is InChI=1S/C53H54N8O8S3.ClH/c1-51(2,3)68-48(65)52(4,5)69-59-41(39-32-71-49(55-39)58-53(35-17-11-8-12-18-35,36-19-13-9-14-20-36)37-21-15-10-16-22-37)44(62)57-42-45(63)61-43(47(64)67-29-33-23-25-38(66-7)26-24-33)34(30-70-46(42)61)31-72-50-56-40(54)27-28-60(50)6;/h8-28,32,42,46,54H,29-31H2,1-7H3,(H2,55,57,58,62);1H/b59-41-;. The lowest BCUT2D eigenvalue weighted by Crippen LogP contribution is -3.00. The number of thiazole rings is 1. The number of aryl methyl sites for hydroxylation is 1. The average molecular weight is 1060 g/mol. The van der Waals surface area contributed by atoms with Crippen LogP contribution in [-0.2, 0) is 52.7 Å². The SMILES string of the molecule is COc1ccc(COC(=O)C2=C(CSc3nc(N)cc[n+]3C)CSC3C(NC(=O)/C(=N\OC(C)(C)C(=O)OC(C)(C)C)c4csc(NC(c5ccccc5)(c5ccccc5)c5ccccc5)n4)C(=O)N23)cc1.[Cl-]. The van der Waals surface area contributed by atoms with Crippen molar-refractivity contribution in [2.24, 2.45) is 12.2 Å². The summed E-state index contributed by atoms with van der Waals surface area (Å²) in [6.07, 6.45) is 1.79. The van der Waals surface area contributed by atoms with Gasteiger partial charge in [0, 0.05) is 23.0 Å². The molecule has 2 atom stereocenters. The Morgan fingerprint density at radius 2 is 1.48 bits per heavy atom. The van der Waals surface area contributed by atoms with Crippen LogP contribution in [0, 0.1) is 0 Å². The van der Waals surface area contributed by atoms with Crippen molar-refractivity contribution in [1.82, 2.24) is 20.2 Å². The van der Waals surface area contributed by atoms with E-state index in [4.69, 9.17) is 29.8 Å². The fourth-order valence-electron chi connectivity index (χ4n) is 7.88. The molecule has 8 rings (SSSR count). The van der Waals surface area contributed by atoms with Gasteiger partial charge in [-0.05, 0) is 91.3 Å². The number of nitrogens with zero attached hydrogens (tertiary/aromatic N) is 5. The summed E-state index contributed by atoms with van der Waals surface area (Å²) < 4.78 is 18.6. The lowest BCUT2D eigenvalue weighted by Gasteiger charge is -2.49. The molecule has 1 saturated heterocycles. The van der Waals surface area contributed by atoms with E-state index < -0.39 is 51.9 Å². The normalized spacial score (nSPS) is 15.8. The van der Waals surface area contributed by atoms with Crippen LogP contribution in [-0.4, -0.2) is 85.6 Å². The van der Waals surface area contributed by atoms with Gasteiger partial charge < -0.3 is 47.8 Å². The topological polar surface area (TPSA) is 201 Å². The number of rotatable bonds is 18. The highest BCUT2D eigenvalue weighted by Crippen LogP contribution is 2.43. The van der Waals surface area contributed by atoms with Gasteiger partial charge in [0.25, 0.3) is 11.8 Å². The summed E-state index contributed by atoms with van der Waals surface area (Å²) in [5, 5.41) is 12.9. The number of hydrogen-bond acceptors (Lipinski definition) is 16. The molecule has 0 aliphatic carbocycles. The van der Waals surface area contributed by atoms with Crippen LogP contribution < -0.4 is 38.1 Å². The van der Waals surface area contributed by atoms with E-state index in [1.54, 1.807) is 69.8 Å². The van der Waals surface area contributed by atoms with Gasteiger partial charge in [0.15, 0.2) is 10.8 Å². The first kappa shape index (κ1) is 53.9. The van der Waals surface area contributed by atoms with Crippen molar-refractivity contribution in [2.75, 3.05) is 29.7 Å². The highest BCUT2D eigenvalue weighted by molar-refractivity contribution is 8.01. The van der Waals surface area contributed by atoms with Gasteiger partial charge in [-0.15, -0.1) is 23.1 Å². The Bertz CT molecular complexity index is 2910. The molecule has 20 heteroatoms. The van der Waals surface area contributed by atoms with Crippen LogP contribution in [0.2, 0.25) is 0 Å². The Labute approximate surface area is 442 Å². The number of fused-ring (bicyclic) bond motifs is 1. The number of nitrogen functional groups attached to an aromatic ring is 1. The van der Waals surface area contributed by atoms with Gasteiger partial charge in [0.1, 0.15) is 46.3 Å². The van der Waals surface area contributed by atoms with Crippen molar-refractivity contribution in [3.8, 4) is 5.75 Å². The highest BCUT2D eigenvalue weighted by atomic mass is 35.5. The number of oxime groups is 1. The third-order valence-corrected chi connectivity index (χ3v) is 14.8. The lowest BCUT2D eigenvalue weighted by molar-refractivity contribution is -0.713. The number of esters is 2. The zero-order valence-corrected chi connectivity index (χ0v) is 44.4. The third kappa shape index (κ3) is 12.1. The summed E-state index contributed by atoms with van der Waals surface area (Å²) in [6, 6.07) is 37.6. The van der Waals surface area contributed by atoms with Crippen LogP contribution in [0.4, 0.5) is 10.9 Å². The molecule has 4 heterocycles. The molecule has 16 nitrogen and oxygen atoms in total. The molecule has 73 heavy (non-hydrogen) atoms. The van der Waals surface area contributed by atoms with Crippen LogP contribution in [0.1, 0.15) is 62.6 Å². The first-order valence-corrected chi connectivity index (χ1v) is 25.8. The number of ether oxygens (including phenoxy) is 3. The average Bonchev–Trinajstić information content (AvgIpc) is 3.84. The predicted molar refractivity (Wildman–Crippen MR) is 278 cm³/mol. The Morgan fingerprint density at radius 1 is 0.877 bits per heavy atom. The van der Waals surface area contributed by atoms with Gasteiger partial charge in [-0.2, -0.15) is 0 Å². The van der Waals surface area contributed by atoms with E-state index in [0.29, 0.717) is 44.5 Å². The largest absolute Gasteiger partial charge is 1.00 e. The molecule has 2 unspecified atom stereocenters. The molecule has 4 N–H and O–H groups in total. The van der Waals surface area contributed by atoms with Crippen molar-refractivity contribution in [1.29, 1.82) is 0 Å². The van der Waals surface area contributed by atoms with Crippen molar-refractivity contribution in [3.05, 3.63) is 172 Å². The number of thioether (sulfide) groups is 2. The number of β-lactam (4-membered cyclic amide) rings is 1. The molecular weight excluding hydrogens is 1010 g/mol. The second-order valence-electron chi connectivity index (χ2n) is 18.3. The van der Waals surface area contributed by atoms with Crippen LogP contribution in [0.5, 0.6) is 5.75 Å². The molecule has 4 aromatic carbocycles. The number of nitrogens with one attached hydrogen (secondary N) is 2. The predicted octanol–water partition coefficient (Wildman–Crippen LogP) is 4.39. The van der Waals surface area contributed by atoms with Crippen LogP contribution in [0.25, 0.3) is 0 Å². The number of nitrogens with two attached hydrogens (primary N) is 1. The first-order chi connectivity index (χ1) is 34.5. The number of carbonyl (C=O) groups excluding carboxylic acids is 4. The van der Waals surface area contributed by atoms with Crippen molar-refractivity contribution >= 4 is 75.3 Å². The number of carbonyl (C=O) groups is 4. The Kier molecular flexibility index (Phi) is 16.9. The third-order valence-electron chi connectivity index (χ3n) is 11.6. The maximum Gasteiger partial charge on any atom is 0.361 e. The fraction of sp³-hybridized carbons (Fsp3) is 0.283. The molecule has 6 aromatic rings. The minimum absolute atomic E-state index is 0. The van der Waals surface area contributed by atoms with Crippen LogP contribution in [0.3, 0.4) is 0 Å². The van der Waals surface area contributed by atoms with E-state index in [1.807, 2.05) is 103 Å². The van der Waals surface area contributed by atoms with E-state index in [0.717, 1.165) is 16.7 Å². The van der Waals surface area contributed by atoms with Crippen molar-refractivity contribution in [2.45, 2.75) is 74.5 Å². The number of halogens is 1. The second-order valence-corrected chi connectivity index (χ2v) is 21.2.